The summed E-state index contributed by atoms with van der Waals surface area (Å²) >= 11 is 3.09. The number of nitrogens with two attached hydrogens (primary N) is 1. The van der Waals surface area contributed by atoms with Gasteiger partial charge in [0, 0.05) is 10.0 Å². The Bertz CT molecular complexity index is 737. The quantitative estimate of drug-likeness (QED) is 0.802. The van der Waals surface area contributed by atoms with Crippen LogP contribution in [-0.2, 0) is 6.54 Å². The third-order valence-corrected chi connectivity index (χ3v) is 3.39. The normalized spacial score (nSPS) is 18.3. The summed E-state index contributed by atoms with van der Waals surface area (Å²) in [6, 6.07) is 2.08. The van der Waals surface area contributed by atoms with E-state index in [2.05, 4.69) is 35.5 Å². The molecule has 0 saturated heterocycles. The molecule has 6 nitrogen and oxygen atoms in total. The van der Waals surface area contributed by atoms with Crippen molar-refractivity contribution in [3.8, 4) is 22.9 Å². The molecule has 2 N–H and O–H groups in total. The summed E-state index contributed by atoms with van der Waals surface area (Å²) in [6.07, 6.45) is -9.58. The zero-order chi connectivity index (χ0) is 16.1. The highest BCUT2D eigenvalue weighted by Crippen LogP contribution is 2.49. The maximum absolute atomic E-state index is 13.2. The molecule has 1 aromatic heterocycles. The molecular formula is C11H6BrF4N3O3. The molecule has 3 rings (SSSR count). The third kappa shape index (κ3) is 2.29. The van der Waals surface area contributed by atoms with Crippen molar-refractivity contribution < 1.29 is 31.6 Å². The van der Waals surface area contributed by atoms with Crippen LogP contribution >= 0.6 is 15.9 Å². The molecule has 1 aliphatic heterocycles. The first-order chi connectivity index (χ1) is 10.2. The van der Waals surface area contributed by atoms with E-state index >= 15 is 0 Å². The second-order valence-electron chi connectivity index (χ2n) is 4.23. The van der Waals surface area contributed by atoms with Crippen molar-refractivity contribution in [3.63, 3.8) is 0 Å². The van der Waals surface area contributed by atoms with E-state index in [0.29, 0.717) is 0 Å². The fourth-order valence-corrected chi connectivity index (χ4v) is 2.21. The summed E-state index contributed by atoms with van der Waals surface area (Å²) in [4.78, 5) is 3.91. The summed E-state index contributed by atoms with van der Waals surface area (Å²) in [5, 5.41) is 3.60. The molecule has 0 aliphatic carbocycles. The van der Waals surface area contributed by atoms with Gasteiger partial charge in [0.25, 0.3) is 0 Å². The number of aromatic nitrogens is 2. The summed E-state index contributed by atoms with van der Waals surface area (Å²) in [5.41, 5.74) is 5.51. The SMILES string of the molecule is NCc1nc(-c2cc3c(cc2Br)OC(F)(F)C(F)(F)O3)no1. The minimum atomic E-state index is -4.80. The third-order valence-electron chi connectivity index (χ3n) is 2.73. The van der Waals surface area contributed by atoms with Crippen LogP contribution in [0.2, 0.25) is 0 Å². The molecule has 0 saturated carbocycles. The number of hydrogen-bond acceptors (Lipinski definition) is 6. The summed E-state index contributed by atoms with van der Waals surface area (Å²) in [5.74, 6) is -0.977. The van der Waals surface area contributed by atoms with Crippen molar-refractivity contribution in [3.05, 3.63) is 22.5 Å². The molecule has 2 heterocycles. The van der Waals surface area contributed by atoms with Crippen LogP contribution in [0.5, 0.6) is 11.5 Å². The number of alkyl halides is 4. The summed E-state index contributed by atoms with van der Waals surface area (Å²) < 4.78 is 65.6. The smallest absolute Gasteiger partial charge is 0.421 e. The lowest BCUT2D eigenvalue weighted by Crippen LogP contribution is -2.52. The van der Waals surface area contributed by atoms with Crippen molar-refractivity contribution >= 4 is 15.9 Å². The van der Waals surface area contributed by atoms with Gasteiger partial charge in [-0.25, -0.2) is 0 Å². The predicted molar refractivity (Wildman–Crippen MR) is 66.5 cm³/mol. The molecule has 0 unspecified atom stereocenters. The largest absolute Gasteiger partial charge is 0.507 e. The lowest BCUT2D eigenvalue weighted by molar-refractivity contribution is -0.391. The van der Waals surface area contributed by atoms with E-state index in [1.165, 1.54) is 0 Å². The molecule has 2 aromatic rings. The second kappa shape index (κ2) is 4.81. The number of nitrogens with zero attached hydrogens (tertiary/aromatic N) is 2. The lowest BCUT2D eigenvalue weighted by atomic mass is 10.2. The second-order valence-corrected chi connectivity index (χ2v) is 5.09. The number of hydrogen-bond donors (Lipinski definition) is 1. The van der Waals surface area contributed by atoms with Crippen LogP contribution < -0.4 is 15.2 Å². The minimum Gasteiger partial charge on any atom is -0.421 e. The van der Waals surface area contributed by atoms with Crippen molar-refractivity contribution in [2.75, 3.05) is 0 Å². The first-order valence-electron chi connectivity index (χ1n) is 5.74. The molecular weight excluding hydrogens is 378 g/mol. The van der Waals surface area contributed by atoms with Crippen LogP contribution in [0.15, 0.2) is 21.1 Å². The Morgan fingerprint density at radius 2 is 1.68 bits per heavy atom. The highest BCUT2D eigenvalue weighted by molar-refractivity contribution is 9.10. The van der Waals surface area contributed by atoms with Crippen LogP contribution in [0.4, 0.5) is 17.6 Å². The van der Waals surface area contributed by atoms with Crippen LogP contribution in [0.25, 0.3) is 11.4 Å². The molecule has 22 heavy (non-hydrogen) atoms. The maximum atomic E-state index is 13.2. The minimum absolute atomic E-state index is 0.0144. The Kier molecular flexibility index (Phi) is 3.29. The van der Waals surface area contributed by atoms with Gasteiger partial charge < -0.3 is 19.7 Å². The standard InChI is InChI=1S/C11H6BrF4N3O3/c12-5-2-7-6(20-10(13,14)11(15,16)21-7)1-4(5)9-18-8(3-17)22-19-9/h1-2H,3,17H2. The number of benzene rings is 1. The monoisotopic (exact) mass is 383 g/mol. The van der Waals surface area contributed by atoms with E-state index in [1.54, 1.807) is 0 Å². The molecule has 0 bridgehead atoms. The molecule has 0 spiro atoms. The van der Waals surface area contributed by atoms with Crippen molar-refractivity contribution in [1.29, 1.82) is 0 Å². The number of ether oxygens (including phenoxy) is 2. The van der Waals surface area contributed by atoms with Crippen molar-refractivity contribution in [2.45, 2.75) is 18.8 Å². The summed E-state index contributed by atoms with van der Waals surface area (Å²) in [7, 11) is 0. The Hall–Kier alpha value is -1.88. The molecule has 0 atom stereocenters. The maximum Gasteiger partial charge on any atom is 0.507 e. The fraction of sp³-hybridized carbons (Fsp3) is 0.273. The highest BCUT2D eigenvalue weighted by atomic mass is 79.9. The summed E-state index contributed by atoms with van der Waals surface area (Å²) in [6.45, 7) is -0.0144. The predicted octanol–water partition coefficient (Wildman–Crippen LogP) is 2.91. The van der Waals surface area contributed by atoms with E-state index < -0.39 is 23.7 Å². The Morgan fingerprint density at radius 1 is 1.09 bits per heavy atom. The van der Waals surface area contributed by atoms with Crippen LogP contribution in [0.3, 0.4) is 0 Å². The van der Waals surface area contributed by atoms with Gasteiger partial charge in [0.05, 0.1) is 6.54 Å². The van der Waals surface area contributed by atoms with Crippen molar-refractivity contribution in [2.24, 2.45) is 5.73 Å². The van der Waals surface area contributed by atoms with Gasteiger partial charge in [-0.1, -0.05) is 5.16 Å². The average molecular weight is 384 g/mol. The molecule has 11 heteroatoms. The Labute approximate surface area is 128 Å². The first-order valence-corrected chi connectivity index (χ1v) is 6.53. The Balaban J connectivity index is 2.07. The van der Waals surface area contributed by atoms with Gasteiger partial charge in [-0.05, 0) is 28.1 Å². The number of fused-ring (bicyclic) bond motifs is 1. The number of halogens is 5. The zero-order valence-electron chi connectivity index (χ0n) is 10.4. The topological polar surface area (TPSA) is 83.4 Å². The zero-order valence-corrected chi connectivity index (χ0v) is 12.0. The van der Waals surface area contributed by atoms with Gasteiger partial charge in [-0.15, -0.1) is 0 Å². The van der Waals surface area contributed by atoms with Crippen molar-refractivity contribution in [1.82, 2.24) is 10.1 Å². The molecule has 0 amide bonds. The molecule has 1 aromatic carbocycles. The molecule has 0 radical (unpaired) electrons. The van der Waals surface area contributed by atoms with Crippen LogP contribution in [0.1, 0.15) is 5.89 Å². The van der Waals surface area contributed by atoms with Crippen LogP contribution in [0, 0.1) is 0 Å². The van der Waals surface area contributed by atoms with E-state index in [-0.39, 0.29) is 28.3 Å². The first kappa shape index (κ1) is 15.0. The van der Waals surface area contributed by atoms with Crippen LogP contribution in [-0.4, -0.2) is 22.4 Å². The lowest BCUT2D eigenvalue weighted by Gasteiger charge is -2.32. The Morgan fingerprint density at radius 3 is 2.23 bits per heavy atom. The van der Waals surface area contributed by atoms with Gasteiger partial charge in [0.2, 0.25) is 11.7 Å². The fourth-order valence-electron chi connectivity index (χ4n) is 1.71. The molecule has 1 aliphatic rings. The van der Waals surface area contributed by atoms with Gasteiger partial charge in [-0.2, -0.15) is 22.5 Å². The van der Waals surface area contributed by atoms with E-state index in [1.807, 2.05) is 0 Å². The van der Waals surface area contributed by atoms with Gasteiger partial charge >= 0.3 is 12.2 Å². The van der Waals surface area contributed by atoms with E-state index in [4.69, 9.17) is 10.3 Å². The number of rotatable bonds is 2. The van der Waals surface area contributed by atoms with Gasteiger partial charge in [0.1, 0.15) is 0 Å². The van der Waals surface area contributed by atoms with E-state index in [9.17, 15) is 17.6 Å². The molecule has 118 valence electrons. The van der Waals surface area contributed by atoms with E-state index in [0.717, 1.165) is 12.1 Å². The van der Waals surface area contributed by atoms with Gasteiger partial charge in [-0.3, -0.25) is 0 Å². The average Bonchev–Trinajstić information content (AvgIpc) is 2.88. The molecule has 0 fully saturated rings. The highest BCUT2D eigenvalue weighted by Gasteiger charge is 2.66. The van der Waals surface area contributed by atoms with Gasteiger partial charge in [0.15, 0.2) is 11.5 Å².